The minimum atomic E-state index is -4.76. The summed E-state index contributed by atoms with van der Waals surface area (Å²) in [6.45, 7) is -9.90. The molecule has 0 aliphatic heterocycles. The predicted octanol–water partition coefficient (Wildman–Crippen LogP) is 27.7. The summed E-state index contributed by atoms with van der Waals surface area (Å²) in [7, 11) is 7.48. The minimum Gasteiger partial charge on any atom is -0.201 e. The van der Waals surface area contributed by atoms with Crippen molar-refractivity contribution in [3.63, 3.8) is 0 Å². The minimum absolute atomic E-state index is 0.00879. The first kappa shape index (κ1) is 55.6. The largest absolute Gasteiger partial charge is 0.417 e. The second-order valence-corrected chi connectivity index (χ2v) is 30.0. The molecule has 0 amide bonds. The van der Waals surface area contributed by atoms with Crippen molar-refractivity contribution in [3.05, 3.63) is 405 Å². The standard InChI is InChI=1S/C29H30N.C28H25F3N.C28H28N.C27H26N/c1-19-15-22(4)29(23(5)16-19)25-13-14-30(6)28(18-25)27-17-24(12-11-21(27)3)26-10-8-7-9-20(26)2;1-18-8-5-6-10-23(18)21-13-12-19(2)24(16-21)26-17-22(14-15-32(26)4)27-20(3)9-7-11-25(27)28(29,30)31;1-19-10-13-26(22(4)16-19)24-14-15-29(5)28(18-24)27-17-23(12-11-21(27)3)25-9-7-6-8-20(25)2;1-19-9-5-7-11-24(19)22-14-13-21(3)26(17-22)27-18-23(15-16-28(27)4)25-12-8-6-10-20(25)2/h7-18H,1-6H3;5-17H,1-4H3;6-18H,1-5H3;5-18H,1-4H3/q4*+1/i2D3,4D3,5D3;1D3,3D3;2D3,4D3;1D3,2D3. The average Bonchev–Trinajstić information content (AvgIpc) is 0.750. The molecule has 16 aromatic rings. The van der Waals surface area contributed by atoms with Crippen molar-refractivity contribution in [2.45, 2.75) is 109 Å². The van der Waals surface area contributed by atoms with Gasteiger partial charge in [0.1, 0.15) is 28.2 Å². The topological polar surface area (TPSA) is 15.5 Å². The molecule has 16 rings (SSSR count). The van der Waals surface area contributed by atoms with E-state index in [1.807, 2.05) is 215 Å². The number of nitrogens with zero attached hydrogens (tertiary/aromatic N) is 4. The van der Waals surface area contributed by atoms with E-state index in [9.17, 15) is 13.2 Å². The van der Waals surface area contributed by atoms with Crippen molar-refractivity contribution >= 4 is 0 Å². The zero-order valence-electron chi connectivity index (χ0n) is 94.9. The SMILES string of the molecule is [2H]C([2H])([2H])c1ccccc1-c1ccc(C)c(-c2cc(-c3c(C([2H])([2H])[2H])cc(C)cc3C([2H])([2H])[2H])cc[n+]2C)c1.[2H]C([2H])([2H])c1ccccc1-c1ccc(C)c(-c2cc(-c3c(C([2H])([2H])[2H])cccc3C(F)(F)F)cc[n+]2C)c1.[2H]C([2H])([2H])c1ccccc1-c1ccc(C)c(-c2cc(-c3ccc(C)cc3C([2H])([2H])[2H])cc[n+]2C)c1.[2H]C([2H])([2H])c1ccccc1-c1ccc(C)c(-c2cc(-c3ccccc3C([2H])([2H])[2H])cc[n+]2C)c1. The van der Waals surface area contributed by atoms with Crippen LogP contribution in [0.5, 0.6) is 0 Å². The second kappa shape index (κ2) is 36.3. The van der Waals surface area contributed by atoms with Crippen molar-refractivity contribution in [2.24, 2.45) is 28.2 Å². The van der Waals surface area contributed by atoms with Gasteiger partial charge in [-0.3, -0.25) is 0 Å². The Kier molecular flexibility index (Phi) is 16.9. The van der Waals surface area contributed by atoms with Crippen LogP contribution < -0.4 is 18.3 Å². The van der Waals surface area contributed by atoms with E-state index in [1.165, 1.54) is 24.3 Å². The van der Waals surface area contributed by atoms with Gasteiger partial charge >= 0.3 is 6.18 Å². The molecule has 12 aromatic carbocycles. The number of aryl methyl sites for hydroxylation is 19. The summed E-state index contributed by atoms with van der Waals surface area (Å²) in [6.07, 6.45) is 2.45. The molecule has 0 spiro atoms. The molecule has 0 fully saturated rings. The molecule has 0 aliphatic rings. The van der Waals surface area contributed by atoms with Gasteiger partial charge in [-0.2, -0.15) is 13.2 Å². The zero-order valence-corrected chi connectivity index (χ0v) is 67.9. The van der Waals surface area contributed by atoms with Crippen LogP contribution in [0.4, 0.5) is 13.2 Å². The number of halogens is 3. The van der Waals surface area contributed by atoms with Crippen LogP contribution in [-0.2, 0) is 34.4 Å². The maximum absolute atomic E-state index is 14.0. The van der Waals surface area contributed by atoms with Gasteiger partial charge in [0.05, 0.1) is 5.56 Å². The van der Waals surface area contributed by atoms with Crippen LogP contribution in [0.3, 0.4) is 0 Å². The molecule has 7 heteroatoms. The van der Waals surface area contributed by atoms with Crippen LogP contribution in [0.2, 0.25) is 0 Å². The Morgan fingerprint density at radius 2 is 0.479 bits per heavy atom. The number of hydrogen-bond donors (Lipinski definition) is 0. The lowest BCUT2D eigenvalue weighted by Crippen LogP contribution is -2.30. The Bertz CT molecular complexity index is 7410. The smallest absolute Gasteiger partial charge is 0.201 e. The predicted molar refractivity (Wildman–Crippen MR) is 492 cm³/mol. The lowest BCUT2D eigenvalue weighted by atomic mass is 9.91. The lowest BCUT2D eigenvalue weighted by molar-refractivity contribution is -0.660. The lowest BCUT2D eigenvalue weighted by Gasteiger charge is -2.16. The van der Waals surface area contributed by atoms with Gasteiger partial charge in [0.25, 0.3) is 0 Å². The molecule has 4 nitrogen and oxygen atoms in total. The number of aromatic nitrogens is 4. The van der Waals surface area contributed by atoms with Gasteiger partial charge < -0.3 is 0 Å². The third-order valence-corrected chi connectivity index (χ3v) is 21.6. The van der Waals surface area contributed by atoms with Gasteiger partial charge in [0.2, 0.25) is 22.8 Å². The Balaban J connectivity index is 0.000000163. The first-order valence-corrected chi connectivity index (χ1v) is 38.8. The molecular weight excluding hydrogens is 1460 g/mol. The fourth-order valence-corrected chi connectivity index (χ4v) is 15.0. The first-order chi connectivity index (χ1) is 67.9. The van der Waals surface area contributed by atoms with E-state index >= 15 is 0 Å². The number of benzene rings is 12. The number of alkyl halides is 3. The fraction of sp³-hybridized carbons (Fsp3) is 0.179. The van der Waals surface area contributed by atoms with Gasteiger partial charge in [-0.15, -0.1) is 0 Å². The number of rotatable bonds is 12. The molecule has 4 heterocycles. The van der Waals surface area contributed by atoms with Gasteiger partial charge in [-0.05, 0) is 295 Å². The quantitative estimate of drug-likeness (QED) is 0.108. The van der Waals surface area contributed by atoms with E-state index in [0.717, 1.165) is 102 Å². The van der Waals surface area contributed by atoms with Crippen LogP contribution in [0, 0.1) is 103 Å². The third-order valence-electron chi connectivity index (χ3n) is 21.6. The van der Waals surface area contributed by atoms with Gasteiger partial charge in [-0.1, -0.05) is 223 Å². The van der Waals surface area contributed by atoms with E-state index in [1.54, 1.807) is 152 Å². The normalized spacial score (nSPS) is 15.4. The summed E-state index contributed by atoms with van der Waals surface area (Å²) in [5, 5.41) is 0. The Hall–Kier alpha value is -13.0. The highest BCUT2D eigenvalue weighted by Gasteiger charge is 2.35. The van der Waals surface area contributed by atoms with E-state index in [2.05, 4.69) is 0 Å². The first-order valence-electron chi connectivity index (χ1n) is 52.3. The van der Waals surface area contributed by atoms with E-state index in [4.69, 9.17) is 37.0 Å². The molecule has 0 radical (unpaired) electrons. The highest BCUT2D eigenvalue weighted by Crippen LogP contribution is 2.42. The third kappa shape index (κ3) is 18.9. The molecule has 4 aromatic heterocycles. The number of hydrogen-bond acceptors (Lipinski definition) is 0. The van der Waals surface area contributed by atoms with Gasteiger partial charge in [0, 0.05) is 108 Å². The molecule has 594 valence electrons. The number of pyridine rings is 4. The monoisotopic (exact) mass is 1590 g/mol. The van der Waals surface area contributed by atoms with E-state index in [0.29, 0.717) is 83.6 Å². The van der Waals surface area contributed by atoms with Crippen molar-refractivity contribution in [1.29, 1.82) is 0 Å². The van der Waals surface area contributed by atoms with Crippen LogP contribution in [0.25, 0.3) is 134 Å². The molecule has 119 heavy (non-hydrogen) atoms. The van der Waals surface area contributed by atoms with Gasteiger partial charge in [-0.25, -0.2) is 18.3 Å². The fourth-order valence-electron chi connectivity index (χ4n) is 15.0. The van der Waals surface area contributed by atoms with Crippen LogP contribution in [-0.4, -0.2) is 0 Å². The maximum Gasteiger partial charge on any atom is 0.417 e. The molecule has 0 atom stereocenters. The Labute approximate surface area is 742 Å². The van der Waals surface area contributed by atoms with Gasteiger partial charge in [0.15, 0.2) is 24.8 Å². The molecule has 0 aliphatic carbocycles. The van der Waals surface area contributed by atoms with Crippen molar-refractivity contribution < 1.29 is 68.5 Å². The maximum atomic E-state index is 14.0. The molecule has 0 N–H and O–H groups in total. The molecule has 0 unspecified atom stereocenters. The summed E-state index contributed by atoms with van der Waals surface area (Å²) < 4.78 is 265. The highest BCUT2D eigenvalue weighted by molar-refractivity contribution is 5.83. The Morgan fingerprint density at radius 1 is 0.210 bits per heavy atom. The molecular formula is C112H109F3N4+4. The van der Waals surface area contributed by atoms with E-state index in [-0.39, 0.29) is 44.5 Å². The summed E-state index contributed by atoms with van der Waals surface area (Å²) >= 11 is 0. The average molecular weight is 1600 g/mol. The second-order valence-electron chi connectivity index (χ2n) is 30.0. The van der Waals surface area contributed by atoms with Crippen molar-refractivity contribution in [3.8, 4) is 134 Å². The van der Waals surface area contributed by atoms with Crippen molar-refractivity contribution in [1.82, 2.24) is 0 Å². The summed E-state index contributed by atoms with van der Waals surface area (Å²) in [5.74, 6) is 0. The Morgan fingerprint density at radius 3 is 0.798 bits per heavy atom. The summed E-state index contributed by atoms with van der Waals surface area (Å²) in [6, 6.07) is 83.9. The van der Waals surface area contributed by atoms with Crippen molar-refractivity contribution in [2.75, 3.05) is 0 Å². The summed E-state index contributed by atoms with van der Waals surface area (Å²) in [5.41, 5.74) is 20.9. The van der Waals surface area contributed by atoms with Crippen LogP contribution >= 0.6 is 0 Å². The molecule has 0 saturated heterocycles. The molecule has 0 bridgehead atoms. The zero-order chi connectivity index (χ0) is 107. The van der Waals surface area contributed by atoms with E-state index < -0.39 is 73.4 Å². The highest BCUT2D eigenvalue weighted by atomic mass is 19.4. The summed E-state index contributed by atoms with van der Waals surface area (Å²) in [4.78, 5) is 0. The molecule has 0 saturated carbocycles. The van der Waals surface area contributed by atoms with Crippen LogP contribution in [0.1, 0.15) is 126 Å². The van der Waals surface area contributed by atoms with Crippen LogP contribution in [0.15, 0.2) is 316 Å².